The van der Waals surface area contributed by atoms with Crippen LogP contribution in [0.25, 0.3) is 56.3 Å². The van der Waals surface area contributed by atoms with E-state index in [2.05, 4.69) is 343 Å². The van der Waals surface area contributed by atoms with E-state index in [0.717, 1.165) is 40.8 Å². The van der Waals surface area contributed by atoms with Gasteiger partial charge in [-0.3, -0.25) is 0 Å². The Kier molecular flexibility index (Phi) is 33.9. The minimum atomic E-state index is -2.19. The smallest absolute Gasteiger partial charge is 0.201 e. The van der Waals surface area contributed by atoms with Crippen molar-refractivity contribution < 1.29 is 36.5 Å². The standard InChI is InChI=1S/4C22H32N.C21H30N.5CH4/c2*1-15-10-11-17(16(2)12-15)20-13-18(21(3,4)5)19(14-23(20)9)22(6,7)8;2*1-15(2)10-19-13-22(21-9-8-17(5)12-18(21)6)23(7)14-20(19)11-16(3)4;1-15-11-9-10-12-16(15)19-13-17(20(2,3)4)18(14-22(19)8)21(5,6)7;;;;;/h2*10-14H,1-9H3;2*8-9,12-16H,10-11H2,1-7H3;9-14H,1-8H3;5*1H4/q5*+1;;;;;/i1D3;;5D3,10D2,11D2;;;;;;;. The summed E-state index contributed by atoms with van der Waals surface area (Å²) >= 11 is 0. The molecule has 5 heteroatoms. The molecule has 654 valence electrons. The average Bonchev–Trinajstić information content (AvgIpc) is 0.767. The van der Waals surface area contributed by atoms with Crippen LogP contribution in [0.15, 0.2) is 158 Å². The summed E-state index contributed by atoms with van der Waals surface area (Å²) in [6.07, 6.45) is 9.80. The summed E-state index contributed by atoms with van der Waals surface area (Å²) in [7, 11) is 10.4. The maximum absolute atomic E-state index is 8.70. The van der Waals surface area contributed by atoms with E-state index in [1.165, 1.54) is 106 Å². The third kappa shape index (κ3) is 29.9. The summed E-state index contributed by atoms with van der Waals surface area (Å²) in [5.74, 6) is 0.692. The van der Waals surface area contributed by atoms with Crippen molar-refractivity contribution in [3.8, 4) is 56.3 Å². The molecule has 5 aromatic carbocycles. The molecule has 0 unspecified atom stereocenters. The molecule has 0 saturated carbocycles. The van der Waals surface area contributed by atoms with Crippen molar-refractivity contribution in [1.29, 1.82) is 0 Å². The lowest BCUT2D eigenvalue weighted by molar-refractivity contribution is -0.661. The number of hydrogen-bond acceptors (Lipinski definition) is 0. The first-order valence-electron chi connectivity index (χ1n) is 47.0. The normalized spacial score (nSPS) is 13.3. The Balaban J connectivity index is 0.000000802. The number of benzene rings is 5. The van der Waals surface area contributed by atoms with Gasteiger partial charge in [0.15, 0.2) is 31.0 Å². The molecule has 0 N–H and O–H groups in total. The Morgan fingerprint density at radius 2 is 0.504 bits per heavy atom. The summed E-state index contributed by atoms with van der Waals surface area (Å²) < 4.78 is 91.2. The van der Waals surface area contributed by atoms with Gasteiger partial charge in [0.25, 0.3) is 0 Å². The van der Waals surface area contributed by atoms with Gasteiger partial charge in [0.2, 0.25) is 28.5 Å². The summed E-state index contributed by atoms with van der Waals surface area (Å²) in [6, 6.07) is 43.8. The quantitative estimate of drug-likeness (QED) is 0.103. The molecule has 0 aliphatic heterocycles. The highest BCUT2D eigenvalue weighted by Gasteiger charge is 2.34. The average molecular weight is 1630 g/mol. The second kappa shape index (κ2) is 44.1. The van der Waals surface area contributed by atoms with Crippen molar-refractivity contribution in [2.75, 3.05) is 0 Å². The first kappa shape index (κ1) is 91.6. The predicted molar refractivity (Wildman–Crippen MR) is 528 cm³/mol. The lowest BCUT2D eigenvalue weighted by Gasteiger charge is -2.29. The fourth-order valence-electron chi connectivity index (χ4n) is 15.4. The van der Waals surface area contributed by atoms with Crippen LogP contribution in [0, 0.1) is 85.8 Å². The van der Waals surface area contributed by atoms with E-state index >= 15 is 0 Å². The number of aromatic nitrogens is 5. The van der Waals surface area contributed by atoms with Crippen LogP contribution in [0.1, 0.15) is 337 Å². The third-order valence-corrected chi connectivity index (χ3v) is 21.3. The number of rotatable bonds is 13. The van der Waals surface area contributed by atoms with Crippen LogP contribution in [0.4, 0.5) is 0 Å². The van der Waals surface area contributed by atoms with Crippen LogP contribution in [-0.4, -0.2) is 0 Å². The van der Waals surface area contributed by atoms with E-state index in [1.54, 1.807) is 81.9 Å². The Morgan fingerprint density at radius 3 is 0.782 bits per heavy atom. The summed E-state index contributed by atoms with van der Waals surface area (Å²) in [5.41, 5.74) is 33.4. The Hall–Kier alpha value is -8.15. The summed E-state index contributed by atoms with van der Waals surface area (Å²) in [6.45, 7) is 67.9. The molecule has 5 aromatic heterocycles. The molecule has 0 bridgehead atoms. The topological polar surface area (TPSA) is 19.4 Å². The Morgan fingerprint density at radius 1 is 0.261 bits per heavy atom. The van der Waals surface area contributed by atoms with Gasteiger partial charge in [-0.2, -0.15) is 0 Å². The molecule has 10 rings (SSSR count). The molecule has 0 fully saturated rings. The van der Waals surface area contributed by atoms with Crippen molar-refractivity contribution in [1.82, 2.24) is 0 Å². The number of nitrogens with zero attached hydrogens (tertiary/aromatic N) is 5. The van der Waals surface area contributed by atoms with E-state index in [0.29, 0.717) is 34.2 Å². The Bertz CT molecular complexity index is 5390. The van der Waals surface area contributed by atoms with Crippen molar-refractivity contribution >= 4 is 0 Å². The van der Waals surface area contributed by atoms with Gasteiger partial charge in [-0.25, -0.2) is 22.8 Å². The molecular formula is C114H178N5+5. The fraction of sp³-hybridized carbons (Fsp3) is 0.518. The largest absolute Gasteiger partial charge is 0.212 e. The highest BCUT2D eigenvalue weighted by Crippen LogP contribution is 2.40. The summed E-state index contributed by atoms with van der Waals surface area (Å²) in [4.78, 5) is 0. The Labute approximate surface area is 749 Å². The van der Waals surface area contributed by atoms with Crippen molar-refractivity contribution in [3.63, 3.8) is 0 Å². The van der Waals surface area contributed by atoms with Crippen molar-refractivity contribution in [2.45, 2.75) is 337 Å². The maximum atomic E-state index is 8.70. The second-order valence-electron chi connectivity index (χ2n) is 40.5. The van der Waals surface area contributed by atoms with Gasteiger partial charge in [0.1, 0.15) is 35.2 Å². The van der Waals surface area contributed by atoms with Crippen LogP contribution < -0.4 is 22.8 Å². The molecule has 0 aliphatic carbocycles. The van der Waals surface area contributed by atoms with Gasteiger partial charge in [-0.1, -0.05) is 306 Å². The van der Waals surface area contributed by atoms with E-state index in [-0.39, 0.29) is 87.0 Å². The molecule has 5 nitrogen and oxygen atoms in total. The highest BCUT2D eigenvalue weighted by molar-refractivity contribution is 5.67. The molecule has 5 heterocycles. The first-order valence-corrected chi connectivity index (χ1v) is 42.0. The molecular weight excluding hydrogens is 1440 g/mol. The zero-order valence-corrected chi connectivity index (χ0v) is 78.5. The number of pyridine rings is 5. The molecule has 0 radical (unpaired) electrons. The summed E-state index contributed by atoms with van der Waals surface area (Å²) in [5, 5.41) is 0. The van der Waals surface area contributed by atoms with Crippen molar-refractivity contribution in [2.24, 2.45) is 58.9 Å². The minimum absolute atomic E-state index is 0. The van der Waals surface area contributed by atoms with E-state index in [4.69, 9.17) is 13.7 Å². The third-order valence-electron chi connectivity index (χ3n) is 21.3. The molecule has 10 aromatic rings. The fourth-order valence-corrected chi connectivity index (χ4v) is 15.4. The molecule has 0 atom stereocenters. The van der Waals surface area contributed by atoms with Crippen LogP contribution >= 0.6 is 0 Å². The number of aryl methyl sites for hydroxylation is 14. The zero-order valence-electron chi connectivity index (χ0n) is 88.5. The monoisotopic (exact) mass is 1630 g/mol. The minimum Gasteiger partial charge on any atom is -0.201 e. The zero-order chi connectivity index (χ0) is 94.7. The molecule has 0 amide bonds. The number of hydrogen-bond donors (Lipinski definition) is 0. The van der Waals surface area contributed by atoms with E-state index in [1.807, 2.05) is 19.9 Å². The SMILES string of the molecule is C.C.C.C.C.Cc1ccc(-c2cc(C(C)(C)C)c(C(C)(C)C)c[n+]2C)c(C)c1.Cc1ccc(-c2cc(CC(C)C)c(CC(C)C)c[n+]2C)c(C)c1.Cc1ccccc1-c1cc(C(C)(C)C)c(C(C)(C)C)c[n+]1C.[2H]C([2H])([2H])c1ccc(-c2cc(C(C)(C)C)c(C(C)(C)C)c[n+]2C)c(C)c1.[2H]C([2H])([2H])c1ccc(-c2cc(C([2H])([2H])C(C)C)c(C([2H])([2H])C(C)C)c[n+]2C)c(C)c1. The maximum Gasteiger partial charge on any atom is 0.212 e. The van der Waals surface area contributed by atoms with Gasteiger partial charge in [0.05, 0.1) is 0 Å². The molecule has 0 spiro atoms. The van der Waals surface area contributed by atoms with Gasteiger partial charge >= 0.3 is 0 Å². The highest BCUT2D eigenvalue weighted by atomic mass is 14.9. The van der Waals surface area contributed by atoms with Gasteiger partial charge in [-0.15, -0.1) is 0 Å². The van der Waals surface area contributed by atoms with E-state index < -0.39 is 26.4 Å². The lowest BCUT2D eigenvalue weighted by atomic mass is 9.75. The second-order valence-corrected chi connectivity index (χ2v) is 40.5. The van der Waals surface area contributed by atoms with Gasteiger partial charge in [-0.05, 0) is 230 Å². The first-order chi connectivity index (χ1) is 56.3. The van der Waals surface area contributed by atoms with Crippen LogP contribution in [0.5, 0.6) is 0 Å². The predicted octanol–water partition coefficient (Wildman–Crippen LogP) is 29.4. The van der Waals surface area contributed by atoms with Crippen LogP contribution in [-0.2, 0) is 93.3 Å². The molecule has 119 heavy (non-hydrogen) atoms. The van der Waals surface area contributed by atoms with Crippen molar-refractivity contribution in [3.05, 3.63) is 264 Å². The van der Waals surface area contributed by atoms with Gasteiger partial charge < -0.3 is 0 Å². The van der Waals surface area contributed by atoms with Crippen LogP contribution in [0.2, 0.25) is 0 Å². The molecule has 0 saturated heterocycles. The molecule has 0 aliphatic rings. The lowest BCUT2D eigenvalue weighted by Crippen LogP contribution is -2.36. The van der Waals surface area contributed by atoms with Gasteiger partial charge in [0, 0.05) is 99.7 Å². The van der Waals surface area contributed by atoms with Crippen LogP contribution in [0.3, 0.4) is 0 Å². The van der Waals surface area contributed by atoms with E-state index in [9.17, 15) is 0 Å².